The Morgan fingerprint density at radius 1 is 1.19 bits per heavy atom. The van der Waals surface area contributed by atoms with Gasteiger partial charge in [-0.05, 0) is 38.9 Å². The fourth-order valence-electron chi connectivity index (χ4n) is 3.28. The molecule has 1 fully saturated rings. The monoisotopic (exact) mass is 402 g/mol. The second-order valence-corrected chi connectivity index (χ2v) is 6.28. The average molecular weight is 402 g/mol. The summed E-state index contributed by atoms with van der Waals surface area (Å²) in [6.45, 7) is 4.70. The fraction of sp³-hybridized carbons (Fsp3) is 0.722. The maximum atomic E-state index is 2.49. The number of hydrogen-bond donors (Lipinski definition) is 0. The van der Waals surface area contributed by atoms with Crippen molar-refractivity contribution in [3.63, 3.8) is 0 Å². The molecule has 0 amide bonds. The summed E-state index contributed by atoms with van der Waals surface area (Å²) < 4.78 is 2.39. The van der Waals surface area contributed by atoms with Crippen LogP contribution in [-0.2, 0) is 6.54 Å². The van der Waals surface area contributed by atoms with Crippen molar-refractivity contribution in [1.29, 1.82) is 0 Å². The lowest BCUT2D eigenvalue weighted by Crippen LogP contribution is -3.00. The number of aryl methyl sites for hydroxylation is 1. The number of unbranched alkanes of at least 4 members (excludes halogenated alkanes) is 5. The minimum Gasteiger partial charge on any atom is -1.00 e. The Hall–Kier alpha value is -0.160. The number of pyridine rings is 1. The first-order chi connectivity index (χ1) is 9.81. The zero-order valence-electron chi connectivity index (χ0n) is 13.7. The average Bonchev–Trinajstić information content (AvgIpc) is 2.89. The van der Waals surface area contributed by atoms with Gasteiger partial charge in [-0.3, -0.25) is 4.90 Å². The van der Waals surface area contributed by atoms with Crippen molar-refractivity contribution < 1.29 is 28.5 Å². The predicted molar refractivity (Wildman–Crippen MR) is 84.6 cm³/mol. The SMILES string of the molecule is CCCCCCCC[n+]1cccc([C@@H]2CCCN2C)c1.[I-]. The Bertz CT molecular complexity index is 395. The molecule has 3 heteroatoms. The third-order valence-corrected chi connectivity index (χ3v) is 4.56. The first kappa shape index (κ1) is 18.9. The van der Waals surface area contributed by atoms with Crippen LogP contribution in [0.3, 0.4) is 0 Å². The summed E-state index contributed by atoms with van der Waals surface area (Å²) in [4.78, 5) is 2.49. The topological polar surface area (TPSA) is 7.12 Å². The van der Waals surface area contributed by atoms with Gasteiger partial charge < -0.3 is 24.0 Å². The van der Waals surface area contributed by atoms with Gasteiger partial charge in [-0.25, -0.2) is 4.57 Å². The minimum absolute atomic E-state index is 0. The van der Waals surface area contributed by atoms with Crippen molar-refractivity contribution in [2.45, 2.75) is 70.9 Å². The molecule has 0 unspecified atom stereocenters. The molecule has 1 saturated heterocycles. The molecule has 0 aliphatic carbocycles. The van der Waals surface area contributed by atoms with Gasteiger partial charge in [0.15, 0.2) is 12.4 Å². The van der Waals surface area contributed by atoms with Crippen molar-refractivity contribution in [3.05, 3.63) is 30.1 Å². The van der Waals surface area contributed by atoms with E-state index in [4.69, 9.17) is 0 Å². The highest BCUT2D eigenvalue weighted by Gasteiger charge is 2.24. The lowest BCUT2D eigenvalue weighted by Gasteiger charge is -2.18. The number of halogens is 1. The number of rotatable bonds is 8. The van der Waals surface area contributed by atoms with Crippen LogP contribution in [0.5, 0.6) is 0 Å². The van der Waals surface area contributed by atoms with E-state index in [0.717, 1.165) is 0 Å². The molecule has 0 spiro atoms. The van der Waals surface area contributed by atoms with Crippen molar-refractivity contribution >= 4 is 0 Å². The van der Waals surface area contributed by atoms with E-state index in [-0.39, 0.29) is 24.0 Å². The zero-order valence-corrected chi connectivity index (χ0v) is 15.9. The normalized spacial score (nSPS) is 18.7. The van der Waals surface area contributed by atoms with Crippen LogP contribution in [0.25, 0.3) is 0 Å². The van der Waals surface area contributed by atoms with Crippen molar-refractivity contribution in [1.82, 2.24) is 4.90 Å². The van der Waals surface area contributed by atoms with Crippen molar-refractivity contribution in [3.8, 4) is 0 Å². The Morgan fingerprint density at radius 3 is 2.67 bits per heavy atom. The van der Waals surface area contributed by atoms with Crippen LogP contribution in [-0.4, -0.2) is 18.5 Å². The highest BCUT2D eigenvalue weighted by molar-refractivity contribution is 5.12. The lowest BCUT2D eigenvalue weighted by molar-refractivity contribution is -0.697. The van der Waals surface area contributed by atoms with Gasteiger partial charge in [0, 0.05) is 24.1 Å². The van der Waals surface area contributed by atoms with Gasteiger partial charge in [0.05, 0.1) is 0 Å². The molecule has 0 N–H and O–H groups in total. The van der Waals surface area contributed by atoms with E-state index in [1.165, 1.54) is 70.0 Å². The van der Waals surface area contributed by atoms with Crippen LogP contribution in [0.4, 0.5) is 0 Å². The zero-order chi connectivity index (χ0) is 14.2. The van der Waals surface area contributed by atoms with Crippen LogP contribution < -0.4 is 28.5 Å². The van der Waals surface area contributed by atoms with Gasteiger partial charge in [-0.2, -0.15) is 0 Å². The standard InChI is InChI=1S/C18H31N2.HI/c1-3-4-5-6-7-8-14-20-15-9-11-17(16-20)18-12-10-13-19(18)2;/h9,11,15-16,18H,3-8,10,12-14H2,1-2H3;1H/q+1;/p-1/t18-;/m0./s1. The summed E-state index contributed by atoms with van der Waals surface area (Å²) in [7, 11) is 2.25. The molecule has 0 bridgehead atoms. The largest absolute Gasteiger partial charge is 1.00 e. The molecule has 120 valence electrons. The highest BCUT2D eigenvalue weighted by Crippen LogP contribution is 2.29. The summed E-state index contributed by atoms with van der Waals surface area (Å²) in [5.74, 6) is 0. The molecule has 2 rings (SSSR count). The van der Waals surface area contributed by atoms with Crippen LogP contribution in [0.2, 0.25) is 0 Å². The van der Waals surface area contributed by atoms with E-state index in [2.05, 4.69) is 48.0 Å². The molecule has 2 nitrogen and oxygen atoms in total. The summed E-state index contributed by atoms with van der Waals surface area (Å²) >= 11 is 0. The van der Waals surface area contributed by atoms with Crippen LogP contribution >= 0.6 is 0 Å². The number of likely N-dealkylation sites (tertiary alicyclic amines) is 1. The second kappa shape index (κ2) is 10.5. The first-order valence-corrected chi connectivity index (χ1v) is 8.50. The molecule has 2 heterocycles. The van der Waals surface area contributed by atoms with E-state index < -0.39 is 0 Å². The second-order valence-electron chi connectivity index (χ2n) is 6.28. The molecule has 21 heavy (non-hydrogen) atoms. The summed E-state index contributed by atoms with van der Waals surface area (Å²) in [5, 5.41) is 0. The van der Waals surface area contributed by atoms with Gasteiger partial charge >= 0.3 is 0 Å². The molecule has 1 aromatic heterocycles. The molecule has 0 saturated carbocycles. The highest BCUT2D eigenvalue weighted by atomic mass is 127. The number of aromatic nitrogens is 1. The van der Waals surface area contributed by atoms with Crippen LogP contribution in [0, 0.1) is 0 Å². The fourth-order valence-corrected chi connectivity index (χ4v) is 3.28. The van der Waals surface area contributed by atoms with Crippen LogP contribution in [0.15, 0.2) is 24.5 Å². The Balaban J connectivity index is 0.00000220. The molecule has 0 radical (unpaired) electrons. The third-order valence-electron chi connectivity index (χ3n) is 4.56. The quantitative estimate of drug-likeness (QED) is 0.359. The van der Waals surface area contributed by atoms with Gasteiger partial charge in [0.1, 0.15) is 6.54 Å². The van der Waals surface area contributed by atoms with Gasteiger partial charge in [0.25, 0.3) is 0 Å². The van der Waals surface area contributed by atoms with Crippen LogP contribution in [0.1, 0.15) is 69.9 Å². The van der Waals surface area contributed by atoms with Crippen molar-refractivity contribution in [2.24, 2.45) is 0 Å². The molecule has 0 aromatic carbocycles. The Labute approximate surface area is 148 Å². The first-order valence-electron chi connectivity index (χ1n) is 8.50. The molecular formula is C18H31IN2. The van der Waals surface area contributed by atoms with E-state index in [1.807, 2.05) is 0 Å². The molecule has 1 aliphatic heterocycles. The summed E-state index contributed by atoms with van der Waals surface area (Å²) in [6.07, 6.45) is 15.5. The van der Waals surface area contributed by atoms with Gasteiger partial charge in [-0.15, -0.1) is 0 Å². The smallest absolute Gasteiger partial charge is 0.173 e. The summed E-state index contributed by atoms with van der Waals surface area (Å²) in [6, 6.07) is 5.16. The van der Waals surface area contributed by atoms with Gasteiger partial charge in [-0.1, -0.05) is 32.6 Å². The lowest BCUT2D eigenvalue weighted by atomic mass is 10.1. The number of hydrogen-bond acceptors (Lipinski definition) is 1. The third kappa shape index (κ3) is 6.23. The number of nitrogens with zero attached hydrogens (tertiary/aromatic N) is 2. The molecule has 1 aromatic rings. The molecular weight excluding hydrogens is 371 g/mol. The predicted octanol–water partition coefficient (Wildman–Crippen LogP) is 1.11. The maximum Gasteiger partial charge on any atom is 0.173 e. The Kier molecular flexibility index (Phi) is 9.49. The maximum absolute atomic E-state index is 2.49. The molecule has 1 aliphatic rings. The minimum atomic E-state index is 0. The van der Waals surface area contributed by atoms with E-state index in [0.29, 0.717) is 6.04 Å². The summed E-state index contributed by atoms with van der Waals surface area (Å²) in [5.41, 5.74) is 1.50. The Morgan fingerprint density at radius 2 is 1.95 bits per heavy atom. The van der Waals surface area contributed by atoms with E-state index in [9.17, 15) is 0 Å². The van der Waals surface area contributed by atoms with Crippen molar-refractivity contribution in [2.75, 3.05) is 13.6 Å². The van der Waals surface area contributed by atoms with Gasteiger partial charge in [0.2, 0.25) is 0 Å². The molecule has 1 atom stereocenters. The van der Waals surface area contributed by atoms with E-state index >= 15 is 0 Å². The van der Waals surface area contributed by atoms with E-state index in [1.54, 1.807) is 0 Å².